The fourth-order valence-corrected chi connectivity index (χ4v) is 1.17. The van der Waals surface area contributed by atoms with Crippen molar-refractivity contribution in [3.05, 3.63) is 35.4 Å². The summed E-state index contributed by atoms with van der Waals surface area (Å²) >= 11 is 9.24. The summed E-state index contributed by atoms with van der Waals surface area (Å²) in [6.07, 6.45) is 3.19. The van der Waals surface area contributed by atoms with Gasteiger partial charge in [-0.1, -0.05) is 18.2 Å². The Morgan fingerprint density at radius 3 is 1.83 bits per heavy atom. The quantitative estimate of drug-likeness (QED) is 0.352. The molecule has 1 aromatic rings. The van der Waals surface area contributed by atoms with Gasteiger partial charge in [-0.3, -0.25) is 10.9 Å². The highest BCUT2D eigenvalue weighted by Gasteiger charge is 1.91. The molecule has 0 radical (unpaired) electrons. The summed E-state index contributed by atoms with van der Waals surface area (Å²) in [7, 11) is 0. The van der Waals surface area contributed by atoms with Gasteiger partial charge in [0.05, 0.1) is 12.4 Å². The zero-order valence-electron chi connectivity index (χ0n) is 9.33. The maximum atomic E-state index is 5.23. The van der Waals surface area contributed by atoms with Crippen LogP contribution in [0, 0.1) is 0 Å². The van der Waals surface area contributed by atoms with Crippen molar-refractivity contribution in [2.24, 2.45) is 21.7 Å². The molecule has 0 aliphatic heterocycles. The summed E-state index contributed by atoms with van der Waals surface area (Å²) in [5, 5.41) is 7.93. The van der Waals surface area contributed by atoms with E-state index in [9.17, 15) is 0 Å². The second kappa shape index (κ2) is 7.30. The first kappa shape index (κ1) is 14.0. The van der Waals surface area contributed by atoms with Crippen molar-refractivity contribution in [1.29, 1.82) is 0 Å². The molecular formula is C10H12N6S2. The second-order valence-electron chi connectivity index (χ2n) is 3.14. The number of nitrogens with zero attached hydrogens (tertiary/aromatic N) is 2. The van der Waals surface area contributed by atoms with Crippen LogP contribution in [0.5, 0.6) is 0 Å². The lowest BCUT2D eigenvalue weighted by Crippen LogP contribution is -2.24. The van der Waals surface area contributed by atoms with Gasteiger partial charge in [0.25, 0.3) is 0 Å². The third kappa shape index (κ3) is 5.87. The van der Waals surface area contributed by atoms with Crippen molar-refractivity contribution in [3.8, 4) is 0 Å². The van der Waals surface area contributed by atoms with Crippen LogP contribution in [0.2, 0.25) is 0 Å². The normalized spacial score (nSPS) is 10.7. The summed E-state index contributed by atoms with van der Waals surface area (Å²) in [5.41, 5.74) is 17.2. The molecule has 94 valence electrons. The number of hydrazone groups is 2. The Morgan fingerprint density at radius 2 is 1.44 bits per heavy atom. The van der Waals surface area contributed by atoms with Gasteiger partial charge in [-0.05, 0) is 41.6 Å². The Balaban J connectivity index is 2.67. The lowest BCUT2D eigenvalue weighted by atomic mass is 10.1. The van der Waals surface area contributed by atoms with Crippen molar-refractivity contribution < 1.29 is 0 Å². The minimum absolute atomic E-state index is 0.115. The Hall–Kier alpha value is -2.06. The number of rotatable bonds is 4. The molecule has 0 saturated carbocycles. The van der Waals surface area contributed by atoms with Gasteiger partial charge in [-0.15, -0.1) is 0 Å². The minimum atomic E-state index is 0.115. The third-order valence-corrected chi connectivity index (χ3v) is 1.87. The van der Waals surface area contributed by atoms with Crippen LogP contribution < -0.4 is 22.3 Å². The highest BCUT2D eigenvalue weighted by Crippen LogP contribution is 2.00. The molecule has 0 bridgehead atoms. The van der Waals surface area contributed by atoms with E-state index in [2.05, 4.69) is 45.5 Å². The molecule has 6 nitrogen and oxygen atoms in total. The van der Waals surface area contributed by atoms with Gasteiger partial charge in [0.15, 0.2) is 10.2 Å². The summed E-state index contributed by atoms with van der Waals surface area (Å²) < 4.78 is 0. The molecule has 1 aromatic carbocycles. The number of nitrogens with one attached hydrogen (secondary N) is 2. The highest BCUT2D eigenvalue weighted by molar-refractivity contribution is 7.80. The van der Waals surface area contributed by atoms with Crippen molar-refractivity contribution >= 4 is 47.1 Å². The van der Waals surface area contributed by atoms with Crippen LogP contribution in [0.1, 0.15) is 11.1 Å². The molecule has 0 saturated heterocycles. The first-order valence-corrected chi connectivity index (χ1v) is 5.66. The van der Waals surface area contributed by atoms with E-state index in [1.165, 1.54) is 0 Å². The summed E-state index contributed by atoms with van der Waals surface area (Å²) in [6.45, 7) is 0. The molecular weight excluding hydrogens is 268 g/mol. The topological polar surface area (TPSA) is 101 Å². The molecule has 0 aliphatic carbocycles. The molecule has 6 N–H and O–H groups in total. The van der Waals surface area contributed by atoms with Crippen LogP contribution in [0.4, 0.5) is 0 Å². The second-order valence-corrected chi connectivity index (χ2v) is 4.02. The van der Waals surface area contributed by atoms with Crippen molar-refractivity contribution in [2.45, 2.75) is 0 Å². The summed E-state index contributed by atoms with van der Waals surface area (Å²) in [4.78, 5) is 0. The number of nitrogens with two attached hydrogens (primary N) is 2. The zero-order chi connectivity index (χ0) is 13.4. The Morgan fingerprint density at radius 1 is 1.00 bits per heavy atom. The van der Waals surface area contributed by atoms with Gasteiger partial charge in [0, 0.05) is 0 Å². The van der Waals surface area contributed by atoms with Crippen molar-refractivity contribution in [1.82, 2.24) is 10.9 Å². The number of thiocarbonyl (C=S) groups is 2. The van der Waals surface area contributed by atoms with Gasteiger partial charge >= 0.3 is 0 Å². The standard InChI is InChI=1S/C10H12N6S2/c11-9(17)15-13-5-7-2-1-3-8(4-7)6-14-16-10(12)18/h1-6H,(H3,11,15,17)(H3,12,16,18)/b13-5+,14-6+. The van der Waals surface area contributed by atoms with E-state index in [1.807, 2.05) is 24.3 Å². The molecule has 0 aliphatic rings. The monoisotopic (exact) mass is 280 g/mol. The Bertz CT molecular complexity index is 456. The van der Waals surface area contributed by atoms with Gasteiger partial charge in [0.1, 0.15) is 0 Å². The number of benzene rings is 1. The van der Waals surface area contributed by atoms with Crippen molar-refractivity contribution in [3.63, 3.8) is 0 Å². The molecule has 0 heterocycles. The van der Waals surface area contributed by atoms with Gasteiger partial charge in [0.2, 0.25) is 0 Å². The third-order valence-electron chi connectivity index (χ3n) is 1.69. The average Bonchev–Trinajstić information content (AvgIpc) is 2.28. The smallest absolute Gasteiger partial charge is 0.184 e. The van der Waals surface area contributed by atoms with Crippen LogP contribution in [-0.4, -0.2) is 22.7 Å². The summed E-state index contributed by atoms with van der Waals surface area (Å²) in [6, 6.07) is 7.49. The van der Waals surface area contributed by atoms with E-state index < -0.39 is 0 Å². The molecule has 0 atom stereocenters. The molecule has 0 amide bonds. The lowest BCUT2D eigenvalue weighted by molar-refractivity contribution is 1.04. The molecule has 8 heteroatoms. The average molecular weight is 280 g/mol. The SMILES string of the molecule is NC(=S)N/N=C/c1cccc(/C=N/NC(N)=S)c1. The number of hydrogen-bond acceptors (Lipinski definition) is 4. The lowest BCUT2D eigenvalue weighted by Gasteiger charge is -1.98. The fraction of sp³-hybridized carbons (Fsp3) is 0. The van der Waals surface area contributed by atoms with E-state index in [4.69, 9.17) is 11.5 Å². The van der Waals surface area contributed by atoms with E-state index in [1.54, 1.807) is 12.4 Å². The van der Waals surface area contributed by atoms with Crippen LogP contribution in [-0.2, 0) is 0 Å². The van der Waals surface area contributed by atoms with E-state index in [0.717, 1.165) is 11.1 Å². The molecule has 1 rings (SSSR count). The first-order valence-electron chi connectivity index (χ1n) is 4.85. The van der Waals surface area contributed by atoms with Gasteiger partial charge < -0.3 is 11.5 Å². The van der Waals surface area contributed by atoms with Crippen LogP contribution in [0.3, 0.4) is 0 Å². The highest BCUT2D eigenvalue weighted by atomic mass is 32.1. The van der Waals surface area contributed by atoms with Gasteiger partial charge in [-0.2, -0.15) is 10.2 Å². The van der Waals surface area contributed by atoms with E-state index in [0.29, 0.717) is 0 Å². The van der Waals surface area contributed by atoms with Crippen LogP contribution >= 0.6 is 24.4 Å². The Kier molecular flexibility index (Phi) is 5.68. The molecule has 0 aromatic heterocycles. The maximum absolute atomic E-state index is 5.23. The largest absolute Gasteiger partial charge is 0.375 e. The zero-order valence-corrected chi connectivity index (χ0v) is 11.0. The van der Waals surface area contributed by atoms with Crippen LogP contribution in [0.25, 0.3) is 0 Å². The van der Waals surface area contributed by atoms with E-state index >= 15 is 0 Å². The predicted molar refractivity (Wildman–Crippen MR) is 81.5 cm³/mol. The molecule has 0 fully saturated rings. The fourth-order valence-electron chi connectivity index (χ4n) is 1.06. The Labute approximate surface area is 115 Å². The van der Waals surface area contributed by atoms with Crippen molar-refractivity contribution in [2.75, 3.05) is 0 Å². The predicted octanol–water partition coefficient (Wildman–Crippen LogP) is 0.0208. The maximum Gasteiger partial charge on any atom is 0.184 e. The molecule has 0 unspecified atom stereocenters. The summed E-state index contributed by atoms with van der Waals surface area (Å²) in [5.74, 6) is 0. The molecule has 0 spiro atoms. The van der Waals surface area contributed by atoms with E-state index in [-0.39, 0.29) is 10.2 Å². The number of hydrogen-bond donors (Lipinski definition) is 4. The first-order chi connectivity index (χ1) is 8.58. The van der Waals surface area contributed by atoms with Gasteiger partial charge in [-0.25, -0.2) is 0 Å². The minimum Gasteiger partial charge on any atom is -0.375 e. The van der Waals surface area contributed by atoms with Crippen LogP contribution in [0.15, 0.2) is 34.5 Å². The molecule has 18 heavy (non-hydrogen) atoms.